The first-order valence-electron chi connectivity index (χ1n) is 12.7. The molecule has 3 rings (SSSR count). The smallest absolute Gasteiger partial charge is 0.412 e. The molecule has 2 amide bonds. The normalized spacial score (nSPS) is 12.0. The zero-order chi connectivity index (χ0) is 31.2. The summed E-state index contributed by atoms with van der Waals surface area (Å²) in [5.74, 6) is -0.171. The molecule has 0 saturated carbocycles. The molecule has 0 bridgehead atoms. The highest BCUT2D eigenvalue weighted by molar-refractivity contribution is 6.42. The summed E-state index contributed by atoms with van der Waals surface area (Å²) in [6.45, 7) is 10.5. The Morgan fingerprint density at radius 1 is 0.690 bits per heavy atom. The third-order valence-electron chi connectivity index (χ3n) is 5.05. The molecule has 0 unspecified atom stereocenters. The van der Waals surface area contributed by atoms with Crippen molar-refractivity contribution in [3.05, 3.63) is 69.7 Å². The Morgan fingerprint density at radius 3 is 1.38 bits per heavy atom. The molecule has 0 spiro atoms. The van der Waals surface area contributed by atoms with Gasteiger partial charge in [0.05, 0.1) is 21.4 Å². The molecule has 3 aromatic rings. The number of phenols is 2. The Bertz CT molecular complexity index is 1430. The summed E-state index contributed by atoms with van der Waals surface area (Å²) in [4.78, 5) is 33.1. The van der Waals surface area contributed by atoms with Crippen LogP contribution in [0.4, 0.5) is 32.3 Å². The molecule has 3 aromatic carbocycles. The van der Waals surface area contributed by atoms with Crippen LogP contribution < -0.4 is 10.6 Å². The first-order valence-corrected chi connectivity index (χ1v) is 13.5. The molecule has 0 fully saturated rings. The van der Waals surface area contributed by atoms with E-state index in [1.165, 1.54) is 61.0 Å². The fourth-order valence-corrected chi connectivity index (χ4v) is 3.64. The first-order chi connectivity index (χ1) is 19.5. The molecule has 222 valence electrons. The number of carbonyl (C=O) groups excluding carboxylic acids is 2. The quantitative estimate of drug-likeness (QED) is 0.162. The summed E-state index contributed by atoms with van der Waals surface area (Å²) in [6, 6.07) is 11.9. The molecule has 4 N–H and O–H groups in total. The number of ether oxygens (including phenoxy) is 2. The highest BCUT2D eigenvalue weighted by atomic mass is 35.5. The summed E-state index contributed by atoms with van der Waals surface area (Å²) in [5, 5.41) is 26.4. The van der Waals surface area contributed by atoms with Gasteiger partial charge in [-0.2, -0.15) is 0 Å². The van der Waals surface area contributed by atoms with Gasteiger partial charge >= 0.3 is 12.2 Å². The average molecular weight is 616 g/mol. The van der Waals surface area contributed by atoms with Crippen molar-refractivity contribution < 1.29 is 29.3 Å². The number of aromatic hydroxyl groups is 2. The fourth-order valence-electron chi connectivity index (χ4n) is 3.33. The number of hydrogen-bond acceptors (Lipinski definition) is 8. The number of aliphatic imine (C=N–C) groups is 2. The second kappa shape index (κ2) is 13.1. The number of benzene rings is 3. The van der Waals surface area contributed by atoms with Crippen LogP contribution in [0.3, 0.4) is 0 Å². The number of phenolic OH excluding ortho intramolecular Hbond substituents is 2. The molecule has 0 aliphatic heterocycles. The lowest BCUT2D eigenvalue weighted by Crippen LogP contribution is -2.27. The monoisotopic (exact) mass is 614 g/mol. The van der Waals surface area contributed by atoms with Crippen molar-refractivity contribution in [1.82, 2.24) is 0 Å². The van der Waals surface area contributed by atoms with Crippen LogP contribution in [-0.4, -0.2) is 46.0 Å². The molecule has 0 aliphatic carbocycles. The van der Waals surface area contributed by atoms with Crippen LogP contribution in [0.2, 0.25) is 10.0 Å². The van der Waals surface area contributed by atoms with E-state index in [0.29, 0.717) is 33.9 Å². The van der Waals surface area contributed by atoms with Gasteiger partial charge in [0, 0.05) is 34.9 Å². The van der Waals surface area contributed by atoms with Crippen LogP contribution in [0.1, 0.15) is 52.7 Å². The standard InChI is InChI=1S/C30H32Cl2N4O6/c1-29(2,3)41-27(39)35-19-7-9-25(37)17(11-19)15-33-23-13-21(31)22(32)14-24(23)34-16-18-12-20(8-10-26(18)38)36-28(40)42-30(4,5)6/h7-16,37-38H,1-6H3,(H,35,39)(H,36,40). The first kappa shape index (κ1) is 32.2. The zero-order valence-corrected chi connectivity index (χ0v) is 25.5. The SMILES string of the molecule is CC(C)(C)OC(=O)Nc1ccc(O)c(C=Nc2cc(Cl)c(Cl)cc2N=Cc2cc(NC(=O)OC(C)(C)C)ccc2O)c1. The van der Waals surface area contributed by atoms with Crippen LogP contribution in [0.15, 0.2) is 58.5 Å². The number of anilines is 2. The summed E-state index contributed by atoms with van der Waals surface area (Å²) < 4.78 is 10.5. The van der Waals surface area contributed by atoms with Crippen LogP contribution in [0.5, 0.6) is 11.5 Å². The van der Waals surface area contributed by atoms with Gasteiger partial charge in [-0.3, -0.25) is 20.6 Å². The third kappa shape index (κ3) is 9.97. The Morgan fingerprint density at radius 2 is 1.05 bits per heavy atom. The summed E-state index contributed by atoms with van der Waals surface area (Å²) in [7, 11) is 0. The fraction of sp³-hybridized carbons (Fsp3) is 0.267. The van der Waals surface area contributed by atoms with Gasteiger partial charge in [0.2, 0.25) is 0 Å². The highest BCUT2D eigenvalue weighted by Crippen LogP contribution is 2.37. The molecule has 0 radical (unpaired) electrons. The molecule has 0 heterocycles. The Hall–Kier alpha value is -4.28. The van der Waals surface area contributed by atoms with Gasteiger partial charge in [-0.1, -0.05) is 23.2 Å². The van der Waals surface area contributed by atoms with E-state index in [-0.39, 0.29) is 21.5 Å². The average Bonchev–Trinajstić information content (AvgIpc) is 2.84. The van der Waals surface area contributed by atoms with Gasteiger partial charge in [-0.25, -0.2) is 9.59 Å². The largest absolute Gasteiger partial charge is 0.507 e. The molecule has 0 aromatic heterocycles. The lowest BCUT2D eigenvalue weighted by Gasteiger charge is -2.19. The van der Waals surface area contributed by atoms with Gasteiger partial charge < -0.3 is 19.7 Å². The second-order valence-corrected chi connectivity index (χ2v) is 11.9. The predicted molar refractivity (Wildman–Crippen MR) is 167 cm³/mol. The minimum atomic E-state index is -0.678. The van der Waals surface area contributed by atoms with Crippen LogP contribution in [0.25, 0.3) is 0 Å². The van der Waals surface area contributed by atoms with E-state index in [1.807, 2.05) is 0 Å². The summed E-state index contributed by atoms with van der Waals surface area (Å²) in [5.41, 5.74) is 0.593. The third-order valence-corrected chi connectivity index (χ3v) is 5.77. The number of amides is 2. The predicted octanol–water partition coefficient (Wildman–Crippen LogP) is 8.60. The molecule has 10 nitrogen and oxygen atoms in total. The van der Waals surface area contributed by atoms with Gasteiger partial charge in [0.15, 0.2) is 0 Å². The highest BCUT2D eigenvalue weighted by Gasteiger charge is 2.18. The van der Waals surface area contributed by atoms with E-state index in [0.717, 1.165) is 0 Å². The van der Waals surface area contributed by atoms with Crippen LogP contribution in [0, 0.1) is 0 Å². The number of halogens is 2. The van der Waals surface area contributed by atoms with Gasteiger partial charge in [0.1, 0.15) is 22.7 Å². The molecule has 0 atom stereocenters. The number of rotatable bonds is 6. The van der Waals surface area contributed by atoms with E-state index in [4.69, 9.17) is 32.7 Å². The Balaban J connectivity index is 1.88. The van der Waals surface area contributed by atoms with Crippen LogP contribution in [-0.2, 0) is 9.47 Å². The van der Waals surface area contributed by atoms with Crippen molar-refractivity contribution >= 4 is 70.6 Å². The van der Waals surface area contributed by atoms with Crippen molar-refractivity contribution in [3.8, 4) is 11.5 Å². The Kier molecular flexibility index (Phi) is 10.1. The number of hydrogen-bond donors (Lipinski definition) is 4. The van der Waals surface area contributed by atoms with E-state index >= 15 is 0 Å². The summed E-state index contributed by atoms with van der Waals surface area (Å²) >= 11 is 12.5. The second-order valence-electron chi connectivity index (χ2n) is 11.1. The molecule has 0 saturated heterocycles. The minimum absolute atomic E-state index is 0.0853. The number of nitrogens with zero attached hydrogens (tertiary/aromatic N) is 2. The lowest BCUT2D eigenvalue weighted by molar-refractivity contribution is 0.0624. The molecular weight excluding hydrogens is 583 g/mol. The minimum Gasteiger partial charge on any atom is -0.507 e. The van der Waals surface area contributed by atoms with Crippen molar-refractivity contribution in [1.29, 1.82) is 0 Å². The van der Waals surface area contributed by atoms with Gasteiger partial charge in [-0.15, -0.1) is 0 Å². The molecular formula is C30H32Cl2N4O6. The number of nitrogens with one attached hydrogen (secondary N) is 2. The molecule has 12 heteroatoms. The van der Waals surface area contributed by atoms with Crippen molar-refractivity contribution in [2.24, 2.45) is 9.98 Å². The maximum absolute atomic E-state index is 12.1. The van der Waals surface area contributed by atoms with Crippen molar-refractivity contribution in [2.75, 3.05) is 10.6 Å². The summed E-state index contributed by atoms with van der Waals surface area (Å²) in [6.07, 6.45) is 1.45. The van der Waals surface area contributed by atoms with E-state index in [2.05, 4.69) is 20.6 Å². The van der Waals surface area contributed by atoms with Gasteiger partial charge in [0.25, 0.3) is 0 Å². The van der Waals surface area contributed by atoms with E-state index in [9.17, 15) is 19.8 Å². The molecule has 0 aliphatic rings. The van der Waals surface area contributed by atoms with Gasteiger partial charge in [-0.05, 0) is 90.1 Å². The lowest BCUT2D eigenvalue weighted by atomic mass is 10.2. The number of carbonyl (C=O) groups is 2. The zero-order valence-electron chi connectivity index (χ0n) is 24.0. The maximum atomic E-state index is 12.1. The topological polar surface area (TPSA) is 142 Å². The Labute approximate surface area is 254 Å². The molecule has 42 heavy (non-hydrogen) atoms. The maximum Gasteiger partial charge on any atom is 0.412 e. The van der Waals surface area contributed by atoms with Crippen molar-refractivity contribution in [2.45, 2.75) is 52.7 Å². The van der Waals surface area contributed by atoms with Crippen molar-refractivity contribution in [3.63, 3.8) is 0 Å². The van der Waals surface area contributed by atoms with Crippen LogP contribution >= 0.6 is 23.2 Å². The van der Waals surface area contributed by atoms with E-state index in [1.54, 1.807) is 41.5 Å². The van der Waals surface area contributed by atoms with E-state index < -0.39 is 23.4 Å².